The van der Waals surface area contributed by atoms with Crippen molar-refractivity contribution >= 4 is 18.2 Å². The summed E-state index contributed by atoms with van der Waals surface area (Å²) >= 11 is 0. The molecule has 0 aliphatic heterocycles. The normalized spacial score (nSPS) is 10.2. The van der Waals surface area contributed by atoms with E-state index < -0.39 is 11.9 Å². The lowest BCUT2D eigenvalue weighted by Gasteiger charge is -2.01. The van der Waals surface area contributed by atoms with Gasteiger partial charge in [0.25, 0.3) is 5.91 Å². The predicted octanol–water partition coefficient (Wildman–Crippen LogP) is -0.507. The van der Waals surface area contributed by atoms with Crippen LogP contribution in [-0.4, -0.2) is 23.3 Å². The molecule has 84 valence electrons. The van der Waals surface area contributed by atoms with Crippen LogP contribution in [0.2, 0.25) is 0 Å². The van der Waals surface area contributed by atoms with Crippen LogP contribution in [0.4, 0.5) is 4.79 Å². The molecule has 0 spiro atoms. The molecule has 0 fully saturated rings. The summed E-state index contributed by atoms with van der Waals surface area (Å²) in [6.07, 6.45) is 1.26. The molecule has 3 amide bonds. The van der Waals surface area contributed by atoms with Gasteiger partial charge in [-0.25, -0.2) is 10.2 Å². The smallest absolute Gasteiger partial charge is 0.332 e. The first-order valence-corrected chi connectivity index (χ1v) is 4.22. The van der Waals surface area contributed by atoms with E-state index in [1.807, 2.05) is 5.43 Å². The van der Waals surface area contributed by atoms with Crippen molar-refractivity contribution in [3.8, 4) is 5.75 Å². The van der Waals surface area contributed by atoms with E-state index in [-0.39, 0.29) is 11.3 Å². The van der Waals surface area contributed by atoms with Crippen LogP contribution in [0.1, 0.15) is 15.9 Å². The fourth-order valence-corrected chi connectivity index (χ4v) is 1.00. The summed E-state index contributed by atoms with van der Waals surface area (Å²) in [4.78, 5) is 21.2. The minimum Gasteiger partial charge on any atom is -0.507 e. The van der Waals surface area contributed by atoms with Gasteiger partial charge in [0.1, 0.15) is 5.75 Å². The van der Waals surface area contributed by atoms with Crippen LogP contribution in [0, 0.1) is 0 Å². The first-order valence-electron chi connectivity index (χ1n) is 4.22. The van der Waals surface area contributed by atoms with Crippen LogP contribution in [0.15, 0.2) is 23.3 Å². The van der Waals surface area contributed by atoms with Crippen LogP contribution >= 0.6 is 0 Å². The van der Waals surface area contributed by atoms with E-state index in [1.54, 1.807) is 0 Å². The molecule has 7 heteroatoms. The molecule has 0 unspecified atom stereocenters. The largest absolute Gasteiger partial charge is 0.507 e. The molecule has 0 aromatic heterocycles. The molecule has 0 saturated heterocycles. The number of primary amides is 2. The second-order valence-electron chi connectivity index (χ2n) is 2.88. The number of carbonyl (C=O) groups is 2. The highest BCUT2D eigenvalue weighted by Crippen LogP contribution is 2.16. The van der Waals surface area contributed by atoms with Crippen LogP contribution in [-0.2, 0) is 0 Å². The van der Waals surface area contributed by atoms with Gasteiger partial charge in [0.15, 0.2) is 0 Å². The quantitative estimate of drug-likeness (QED) is 0.405. The van der Waals surface area contributed by atoms with Gasteiger partial charge < -0.3 is 16.6 Å². The number of urea groups is 1. The third-order valence-corrected chi connectivity index (χ3v) is 1.67. The lowest BCUT2D eigenvalue weighted by Crippen LogP contribution is -2.24. The Labute approximate surface area is 90.7 Å². The van der Waals surface area contributed by atoms with Gasteiger partial charge in [-0.05, 0) is 23.8 Å². The van der Waals surface area contributed by atoms with Crippen LogP contribution in [0.5, 0.6) is 5.75 Å². The van der Waals surface area contributed by atoms with Gasteiger partial charge in [0.2, 0.25) is 0 Å². The minimum absolute atomic E-state index is 0.0250. The zero-order valence-electron chi connectivity index (χ0n) is 8.18. The number of nitrogens with two attached hydrogens (primary N) is 2. The number of nitrogens with zero attached hydrogens (tertiary/aromatic N) is 1. The summed E-state index contributed by atoms with van der Waals surface area (Å²) in [5, 5.41) is 12.8. The number of hydrogen-bond donors (Lipinski definition) is 4. The maximum absolute atomic E-state index is 10.9. The Bertz CT molecular complexity index is 456. The fraction of sp³-hybridized carbons (Fsp3) is 0. The Balaban J connectivity index is 2.91. The van der Waals surface area contributed by atoms with Crippen molar-refractivity contribution < 1.29 is 14.7 Å². The van der Waals surface area contributed by atoms with E-state index in [4.69, 9.17) is 11.5 Å². The Kier molecular flexibility index (Phi) is 3.44. The van der Waals surface area contributed by atoms with E-state index in [0.717, 1.165) is 0 Å². The number of carbonyl (C=O) groups excluding carboxylic acids is 2. The van der Waals surface area contributed by atoms with Crippen molar-refractivity contribution in [3.05, 3.63) is 29.3 Å². The van der Waals surface area contributed by atoms with Crippen LogP contribution in [0.3, 0.4) is 0 Å². The molecule has 0 radical (unpaired) electrons. The molecule has 7 nitrogen and oxygen atoms in total. The molecule has 16 heavy (non-hydrogen) atoms. The molecular weight excluding hydrogens is 212 g/mol. The van der Waals surface area contributed by atoms with E-state index in [9.17, 15) is 14.7 Å². The first-order chi connectivity index (χ1) is 7.50. The monoisotopic (exact) mass is 222 g/mol. The minimum atomic E-state index is -0.801. The molecule has 0 aliphatic carbocycles. The van der Waals surface area contributed by atoms with Crippen molar-refractivity contribution in [3.63, 3.8) is 0 Å². The highest BCUT2D eigenvalue weighted by atomic mass is 16.3. The number of hydrogen-bond acceptors (Lipinski definition) is 4. The molecule has 1 aromatic rings. The number of rotatable bonds is 3. The number of amides is 3. The average molecular weight is 222 g/mol. The average Bonchev–Trinajstić information content (AvgIpc) is 2.19. The molecular formula is C9H10N4O3. The van der Waals surface area contributed by atoms with Gasteiger partial charge in [-0.15, -0.1) is 0 Å². The van der Waals surface area contributed by atoms with Crippen LogP contribution in [0.25, 0.3) is 0 Å². The molecule has 0 atom stereocenters. The number of aromatic hydroxyl groups is 1. The zero-order valence-corrected chi connectivity index (χ0v) is 8.18. The Hall–Kier alpha value is -2.57. The zero-order chi connectivity index (χ0) is 12.1. The fourth-order valence-electron chi connectivity index (χ4n) is 1.00. The maximum Gasteiger partial charge on any atom is 0.332 e. The highest BCUT2D eigenvalue weighted by molar-refractivity contribution is 5.97. The van der Waals surface area contributed by atoms with Crippen molar-refractivity contribution in [1.29, 1.82) is 0 Å². The number of phenols is 1. The Morgan fingerprint density at radius 3 is 2.62 bits per heavy atom. The summed E-state index contributed by atoms with van der Waals surface area (Å²) in [5.41, 5.74) is 12.3. The van der Waals surface area contributed by atoms with E-state index in [0.29, 0.717) is 5.56 Å². The standard InChI is InChI=1S/C9H10N4O3/c10-8(15)6-3-5(1-2-7(6)14)4-12-13-9(11)16/h1-4,14H,(H2,10,15)(H3,11,13,16). The molecule has 1 rings (SSSR count). The molecule has 1 aromatic carbocycles. The Morgan fingerprint density at radius 2 is 2.06 bits per heavy atom. The van der Waals surface area contributed by atoms with Gasteiger partial charge >= 0.3 is 6.03 Å². The molecule has 0 saturated carbocycles. The lowest BCUT2D eigenvalue weighted by molar-refractivity contribution is 0.0997. The molecule has 0 bridgehead atoms. The van der Waals surface area contributed by atoms with E-state index in [2.05, 4.69) is 5.10 Å². The van der Waals surface area contributed by atoms with Gasteiger partial charge in [-0.3, -0.25) is 4.79 Å². The third kappa shape index (κ3) is 2.98. The number of nitrogens with one attached hydrogen (secondary N) is 1. The van der Waals surface area contributed by atoms with Gasteiger partial charge in [0.05, 0.1) is 11.8 Å². The Morgan fingerprint density at radius 1 is 1.38 bits per heavy atom. The van der Waals surface area contributed by atoms with Gasteiger partial charge in [-0.2, -0.15) is 5.10 Å². The molecule has 0 aliphatic rings. The summed E-state index contributed by atoms with van der Waals surface area (Å²) in [6.45, 7) is 0. The molecule has 0 heterocycles. The third-order valence-electron chi connectivity index (χ3n) is 1.67. The summed E-state index contributed by atoms with van der Waals surface area (Å²) < 4.78 is 0. The van der Waals surface area contributed by atoms with Crippen molar-refractivity contribution in [2.45, 2.75) is 0 Å². The summed E-state index contributed by atoms with van der Waals surface area (Å²) in [6, 6.07) is 3.33. The maximum atomic E-state index is 10.9. The molecule has 6 N–H and O–H groups in total. The van der Waals surface area contributed by atoms with Crippen molar-refractivity contribution in [2.24, 2.45) is 16.6 Å². The van der Waals surface area contributed by atoms with Gasteiger partial charge in [-0.1, -0.05) is 0 Å². The summed E-state index contributed by atoms with van der Waals surface area (Å²) in [5.74, 6) is -0.969. The van der Waals surface area contributed by atoms with Crippen LogP contribution < -0.4 is 16.9 Å². The van der Waals surface area contributed by atoms with E-state index >= 15 is 0 Å². The lowest BCUT2D eigenvalue weighted by atomic mass is 10.1. The number of benzene rings is 1. The first kappa shape index (κ1) is 11.5. The topological polar surface area (TPSA) is 131 Å². The predicted molar refractivity (Wildman–Crippen MR) is 56.9 cm³/mol. The second kappa shape index (κ2) is 4.78. The highest BCUT2D eigenvalue weighted by Gasteiger charge is 2.07. The summed E-state index contributed by atoms with van der Waals surface area (Å²) in [7, 11) is 0. The number of hydrazone groups is 1. The second-order valence-corrected chi connectivity index (χ2v) is 2.88. The van der Waals surface area contributed by atoms with Gasteiger partial charge in [0, 0.05) is 0 Å². The van der Waals surface area contributed by atoms with Crippen molar-refractivity contribution in [2.75, 3.05) is 0 Å². The SMILES string of the molecule is NC(=O)NN=Cc1ccc(O)c(C(N)=O)c1. The van der Waals surface area contributed by atoms with E-state index in [1.165, 1.54) is 24.4 Å². The van der Waals surface area contributed by atoms with Crippen molar-refractivity contribution in [1.82, 2.24) is 5.43 Å².